The lowest BCUT2D eigenvalue weighted by Crippen LogP contribution is -2.38. The average molecular weight is 358 g/mol. The zero-order valence-corrected chi connectivity index (χ0v) is 16.1. The smallest absolute Gasteiger partial charge is 0.191 e. The Bertz CT molecular complexity index is 637. The fourth-order valence-electron chi connectivity index (χ4n) is 2.71. The van der Waals surface area contributed by atoms with Crippen LogP contribution in [0.1, 0.15) is 38.2 Å². The largest absolute Gasteiger partial charge is 0.497 e. The predicted molar refractivity (Wildman–Crippen MR) is 107 cm³/mol. The molecule has 1 unspecified atom stereocenters. The first-order valence-corrected chi connectivity index (χ1v) is 9.34. The van der Waals surface area contributed by atoms with Crippen molar-refractivity contribution in [3.63, 3.8) is 0 Å². The maximum absolute atomic E-state index is 5.22. The van der Waals surface area contributed by atoms with Gasteiger partial charge in [0.15, 0.2) is 5.96 Å². The van der Waals surface area contributed by atoms with Crippen molar-refractivity contribution in [1.82, 2.24) is 20.2 Å². The first-order valence-electron chi connectivity index (χ1n) is 9.34. The zero-order chi connectivity index (χ0) is 18.6. The van der Waals surface area contributed by atoms with Crippen molar-refractivity contribution in [3.05, 3.63) is 48.5 Å². The number of hydrogen-bond acceptors (Lipinski definition) is 3. The fourth-order valence-corrected chi connectivity index (χ4v) is 2.71. The summed E-state index contributed by atoms with van der Waals surface area (Å²) >= 11 is 0. The van der Waals surface area contributed by atoms with Gasteiger partial charge in [0.2, 0.25) is 0 Å². The Balaban J connectivity index is 1.72. The second-order valence-electron chi connectivity index (χ2n) is 6.30. The van der Waals surface area contributed by atoms with E-state index in [4.69, 9.17) is 4.74 Å². The molecule has 2 rings (SSSR count). The van der Waals surface area contributed by atoms with E-state index in [-0.39, 0.29) is 0 Å². The van der Waals surface area contributed by atoms with E-state index in [0.29, 0.717) is 5.92 Å². The molecule has 0 spiro atoms. The molecular weight excluding hydrogens is 326 g/mol. The molecular formula is C20H31N5O. The van der Waals surface area contributed by atoms with Crippen molar-refractivity contribution < 1.29 is 4.74 Å². The molecule has 0 radical (unpaired) electrons. The van der Waals surface area contributed by atoms with Crippen molar-refractivity contribution in [2.75, 3.05) is 26.7 Å². The van der Waals surface area contributed by atoms with Gasteiger partial charge in [-0.25, -0.2) is 4.98 Å². The third kappa shape index (κ3) is 6.78. The first kappa shape index (κ1) is 19.8. The van der Waals surface area contributed by atoms with Gasteiger partial charge >= 0.3 is 0 Å². The molecule has 0 saturated carbocycles. The molecule has 0 bridgehead atoms. The van der Waals surface area contributed by atoms with Crippen LogP contribution in [0.4, 0.5) is 0 Å². The molecule has 0 aliphatic carbocycles. The number of methoxy groups -OCH3 is 1. The molecule has 1 aromatic carbocycles. The predicted octanol–water partition coefficient (Wildman–Crippen LogP) is 3.03. The van der Waals surface area contributed by atoms with Crippen molar-refractivity contribution in [2.24, 2.45) is 4.99 Å². The second-order valence-corrected chi connectivity index (χ2v) is 6.30. The molecule has 0 amide bonds. The van der Waals surface area contributed by atoms with Crippen LogP contribution in [0.2, 0.25) is 0 Å². The highest BCUT2D eigenvalue weighted by Crippen LogP contribution is 2.21. The summed E-state index contributed by atoms with van der Waals surface area (Å²) in [6, 6.07) is 8.31. The minimum atomic E-state index is 0.484. The van der Waals surface area contributed by atoms with E-state index in [1.54, 1.807) is 13.3 Å². The van der Waals surface area contributed by atoms with E-state index >= 15 is 0 Å². The molecule has 6 heteroatoms. The maximum atomic E-state index is 5.22. The number of rotatable bonds is 10. The number of aryl methyl sites for hydroxylation is 1. The molecule has 0 saturated heterocycles. The number of nitrogens with one attached hydrogen (secondary N) is 2. The average Bonchev–Trinajstić information content (AvgIpc) is 3.18. The number of hydrogen-bond donors (Lipinski definition) is 2. The van der Waals surface area contributed by atoms with E-state index in [1.165, 1.54) is 5.56 Å². The summed E-state index contributed by atoms with van der Waals surface area (Å²) in [5, 5.41) is 6.74. The second kappa shape index (κ2) is 11.2. The molecule has 142 valence electrons. The number of aromatic nitrogens is 2. The van der Waals surface area contributed by atoms with Crippen molar-refractivity contribution in [1.29, 1.82) is 0 Å². The Morgan fingerprint density at radius 1 is 1.27 bits per heavy atom. The maximum Gasteiger partial charge on any atom is 0.191 e. The van der Waals surface area contributed by atoms with Gasteiger partial charge in [-0.1, -0.05) is 19.1 Å². The van der Waals surface area contributed by atoms with Gasteiger partial charge in [-0.3, -0.25) is 4.99 Å². The van der Waals surface area contributed by atoms with E-state index in [9.17, 15) is 0 Å². The molecule has 0 aliphatic rings. The summed E-state index contributed by atoms with van der Waals surface area (Å²) < 4.78 is 7.29. The van der Waals surface area contributed by atoms with Crippen molar-refractivity contribution in [2.45, 2.75) is 39.2 Å². The number of guanidine groups is 1. The normalized spacial score (nSPS) is 12.7. The highest BCUT2D eigenvalue weighted by Gasteiger charge is 2.06. The van der Waals surface area contributed by atoms with Crippen molar-refractivity contribution in [3.8, 4) is 5.75 Å². The summed E-state index contributed by atoms with van der Waals surface area (Å²) in [4.78, 5) is 8.70. The number of nitrogens with zero attached hydrogens (tertiary/aromatic N) is 3. The lowest BCUT2D eigenvalue weighted by Gasteiger charge is -2.15. The molecule has 0 fully saturated rings. The molecule has 2 N–H and O–H groups in total. The Morgan fingerprint density at radius 2 is 2.08 bits per heavy atom. The van der Waals surface area contributed by atoms with E-state index in [0.717, 1.165) is 50.7 Å². The van der Waals surface area contributed by atoms with Gasteiger partial charge in [0, 0.05) is 38.6 Å². The van der Waals surface area contributed by atoms with Crippen LogP contribution in [0.25, 0.3) is 0 Å². The topological polar surface area (TPSA) is 63.5 Å². The summed E-state index contributed by atoms with van der Waals surface area (Å²) in [5.41, 5.74) is 1.33. The van der Waals surface area contributed by atoms with Gasteiger partial charge < -0.3 is 19.9 Å². The molecule has 1 heterocycles. The number of benzene rings is 1. The summed E-state index contributed by atoms with van der Waals surface area (Å²) in [7, 11) is 1.69. The number of ether oxygens (including phenoxy) is 1. The van der Waals surface area contributed by atoms with Gasteiger partial charge in [0.1, 0.15) is 5.75 Å². The highest BCUT2D eigenvalue weighted by atomic mass is 16.5. The monoisotopic (exact) mass is 357 g/mol. The Morgan fingerprint density at radius 3 is 2.73 bits per heavy atom. The molecule has 6 nitrogen and oxygen atoms in total. The van der Waals surface area contributed by atoms with Gasteiger partial charge in [-0.15, -0.1) is 0 Å². The van der Waals surface area contributed by atoms with Crippen LogP contribution in [0.5, 0.6) is 5.75 Å². The lowest BCUT2D eigenvalue weighted by atomic mass is 9.98. The Kier molecular flexibility index (Phi) is 8.52. The van der Waals surface area contributed by atoms with Crippen LogP contribution in [0, 0.1) is 0 Å². The third-order valence-electron chi connectivity index (χ3n) is 4.30. The molecule has 26 heavy (non-hydrogen) atoms. The van der Waals surface area contributed by atoms with Crippen LogP contribution >= 0.6 is 0 Å². The zero-order valence-electron chi connectivity index (χ0n) is 16.1. The summed E-state index contributed by atoms with van der Waals surface area (Å²) in [6.07, 6.45) is 7.67. The van der Waals surface area contributed by atoms with Gasteiger partial charge in [0.05, 0.1) is 13.4 Å². The summed E-state index contributed by atoms with van der Waals surface area (Å²) in [5.74, 6) is 2.27. The van der Waals surface area contributed by atoms with Crippen molar-refractivity contribution >= 4 is 5.96 Å². The minimum absolute atomic E-state index is 0.484. The van der Waals surface area contributed by atoms with E-state index < -0.39 is 0 Å². The van der Waals surface area contributed by atoms with Crippen LogP contribution in [0.15, 0.2) is 48.0 Å². The Hall–Kier alpha value is -2.50. The SMILES string of the molecule is CCNC(=NCCCn1ccnc1)NCCC(C)c1ccc(OC)cc1. The minimum Gasteiger partial charge on any atom is -0.497 e. The first-order chi connectivity index (χ1) is 12.7. The molecule has 1 aromatic heterocycles. The number of aliphatic imine (C=N–C) groups is 1. The lowest BCUT2D eigenvalue weighted by molar-refractivity contribution is 0.414. The summed E-state index contributed by atoms with van der Waals surface area (Å²) in [6.45, 7) is 7.82. The number of imidazole rings is 1. The van der Waals surface area contributed by atoms with Crippen LogP contribution in [0.3, 0.4) is 0 Å². The van der Waals surface area contributed by atoms with Gasteiger partial charge in [-0.2, -0.15) is 0 Å². The molecule has 0 aliphatic heterocycles. The molecule has 2 aromatic rings. The fraction of sp³-hybridized carbons (Fsp3) is 0.500. The highest BCUT2D eigenvalue weighted by molar-refractivity contribution is 5.79. The quantitative estimate of drug-likeness (QED) is 0.390. The Labute approximate surface area is 156 Å². The molecule has 1 atom stereocenters. The van der Waals surface area contributed by atoms with E-state index in [1.807, 2.05) is 24.7 Å². The van der Waals surface area contributed by atoms with Gasteiger partial charge in [-0.05, 0) is 43.4 Å². The van der Waals surface area contributed by atoms with Crippen LogP contribution in [-0.4, -0.2) is 42.3 Å². The standard InChI is InChI=1S/C20H31N5O/c1-4-22-20(23-11-5-14-25-15-13-21-16-25)24-12-10-17(2)18-6-8-19(26-3)9-7-18/h6-9,13,15-17H,4-5,10-12,14H2,1-3H3,(H2,22,23,24). The van der Waals surface area contributed by atoms with Crippen LogP contribution < -0.4 is 15.4 Å². The van der Waals surface area contributed by atoms with Crippen LogP contribution in [-0.2, 0) is 6.54 Å². The third-order valence-corrected chi connectivity index (χ3v) is 4.30. The van der Waals surface area contributed by atoms with E-state index in [2.05, 4.69) is 51.2 Å². The van der Waals surface area contributed by atoms with Gasteiger partial charge in [0.25, 0.3) is 0 Å².